The van der Waals surface area contributed by atoms with Crippen LogP contribution >= 0.6 is 0 Å². The number of carbonyl (C=O) groups excluding carboxylic acids is 1. The maximum atomic E-state index is 13.1. The fraction of sp³-hybridized carbons (Fsp3) is 0.478. The van der Waals surface area contributed by atoms with Gasteiger partial charge < -0.3 is 15.7 Å². The molecule has 148 valence electrons. The van der Waals surface area contributed by atoms with Gasteiger partial charge in [0.05, 0.1) is 6.10 Å². The number of aliphatic hydroxyl groups excluding tert-OH is 1. The molecule has 1 aliphatic heterocycles. The van der Waals surface area contributed by atoms with E-state index in [9.17, 15) is 9.90 Å². The van der Waals surface area contributed by atoms with Crippen molar-refractivity contribution in [3.63, 3.8) is 0 Å². The molecule has 1 amide bonds. The lowest BCUT2D eigenvalue weighted by Gasteiger charge is -2.40. The van der Waals surface area contributed by atoms with E-state index < -0.39 is 0 Å². The van der Waals surface area contributed by atoms with Gasteiger partial charge in [0.15, 0.2) is 0 Å². The van der Waals surface area contributed by atoms with Crippen molar-refractivity contribution < 1.29 is 9.90 Å². The van der Waals surface area contributed by atoms with Crippen molar-refractivity contribution in [1.29, 1.82) is 0 Å². The maximum absolute atomic E-state index is 13.1. The lowest BCUT2D eigenvalue weighted by atomic mass is 9.85. The van der Waals surface area contributed by atoms with E-state index >= 15 is 0 Å². The molecule has 3 N–H and O–H groups in total. The SMILES string of the molecule is Nc1cc(-c2ccncc2)ccc1CC1CCCN(C2CCC(O)CC2)C1=O. The second-order valence-electron chi connectivity index (χ2n) is 8.19. The van der Waals surface area contributed by atoms with E-state index in [0.29, 0.717) is 12.5 Å². The summed E-state index contributed by atoms with van der Waals surface area (Å²) in [5.74, 6) is 0.278. The molecule has 1 unspecified atom stereocenters. The molecule has 1 saturated carbocycles. The van der Waals surface area contributed by atoms with E-state index in [4.69, 9.17) is 5.73 Å². The Morgan fingerprint density at radius 1 is 1.04 bits per heavy atom. The Morgan fingerprint density at radius 3 is 2.50 bits per heavy atom. The fourth-order valence-electron chi connectivity index (χ4n) is 4.67. The molecule has 2 heterocycles. The van der Waals surface area contributed by atoms with Crippen molar-refractivity contribution >= 4 is 11.6 Å². The lowest BCUT2D eigenvalue weighted by Crippen LogP contribution is -2.49. The Morgan fingerprint density at radius 2 is 1.79 bits per heavy atom. The summed E-state index contributed by atoms with van der Waals surface area (Å²) < 4.78 is 0. The molecule has 2 fully saturated rings. The number of anilines is 1. The highest BCUT2D eigenvalue weighted by molar-refractivity contribution is 5.80. The Labute approximate surface area is 166 Å². The topological polar surface area (TPSA) is 79.4 Å². The fourth-order valence-corrected chi connectivity index (χ4v) is 4.67. The van der Waals surface area contributed by atoms with E-state index in [0.717, 1.165) is 67.4 Å². The van der Waals surface area contributed by atoms with Gasteiger partial charge in [0.1, 0.15) is 0 Å². The van der Waals surface area contributed by atoms with E-state index in [1.165, 1.54) is 0 Å². The van der Waals surface area contributed by atoms with Gasteiger partial charge in [-0.25, -0.2) is 0 Å². The number of hydrogen-bond donors (Lipinski definition) is 2. The second kappa shape index (κ2) is 8.31. The van der Waals surface area contributed by atoms with Gasteiger partial charge in [-0.3, -0.25) is 9.78 Å². The van der Waals surface area contributed by atoms with Crippen LogP contribution in [0, 0.1) is 5.92 Å². The van der Waals surface area contributed by atoms with Crippen LogP contribution in [0.2, 0.25) is 0 Å². The minimum absolute atomic E-state index is 0.00896. The van der Waals surface area contributed by atoms with E-state index in [-0.39, 0.29) is 17.9 Å². The summed E-state index contributed by atoms with van der Waals surface area (Å²) in [6.07, 6.45) is 9.49. The molecule has 1 aliphatic carbocycles. The minimum Gasteiger partial charge on any atom is -0.398 e. The zero-order valence-electron chi connectivity index (χ0n) is 16.3. The van der Waals surface area contributed by atoms with Crippen LogP contribution in [0.5, 0.6) is 0 Å². The van der Waals surface area contributed by atoms with Crippen LogP contribution in [0.15, 0.2) is 42.7 Å². The van der Waals surface area contributed by atoms with Crippen LogP contribution in [0.25, 0.3) is 11.1 Å². The van der Waals surface area contributed by atoms with Crippen molar-refractivity contribution in [3.05, 3.63) is 48.3 Å². The smallest absolute Gasteiger partial charge is 0.226 e. The average Bonchev–Trinajstić information content (AvgIpc) is 2.72. The van der Waals surface area contributed by atoms with Crippen molar-refractivity contribution in [2.24, 2.45) is 5.92 Å². The van der Waals surface area contributed by atoms with Gasteiger partial charge in [0, 0.05) is 36.6 Å². The van der Waals surface area contributed by atoms with Crippen LogP contribution in [-0.2, 0) is 11.2 Å². The molecule has 2 aliphatic rings. The largest absolute Gasteiger partial charge is 0.398 e. The van der Waals surface area contributed by atoms with Crippen LogP contribution in [0.1, 0.15) is 44.1 Å². The first-order valence-electron chi connectivity index (χ1n) is 10.4. The van der Waals surface area contributed by atoms with Crippen molar-refractivity contribution in [3.8, 4) is 11.1 Å². The van der Waals surface area contributed by atoms with Crippen LogP contribution < -0.4 is 5.73 Å². The quantitative estimate of drug-likeness (QED) is 0.798. The number of carbonyl (C=O) groups is 1. The van der Waals surface area contributed by atoms with Gasteiger partial charge in [-0.1, -0.05) is 12.1 Å². The first-order chi connectivity index (χ1) is 13.6. The van der Waals surface area contributed by atoms with Gasteiger partial charge in [-0.15, -0.1) is 0 Å². The molecule has 0 radical (unpaired) electrons. The first kappa shape index (κ1) is 18.9. The molecule has 1 aromatic heterocycles. The zero-order valence-corrected chi connectivity index (χ0v) is 16.3. The average molecular weight is 380 g/mol. The number of pyridine rings is 1. The van der Waals surface area contributed by atoms with Crippen LogP contribution in [-0.4, -0.2) is 39.6 Å². The first-order valence-corrected chi connectivity index (χ1v) is 10.4. The maximum Gasteiger partial charge on any atom is 0.226 e. The number of aliphatic hydroxyl groups is 1. The Hall–Kier alpha value is -2.40. The van der Waals surface area contributed by atoms with E-state index in [1.54, 1.807) is 12.4 Å². The number of hydrogen-bond acceptors (Lipinski definition) is 4. The van der Waals surface area contributed by atoms with Crippen molar-refractivity contribution in [2.45, 2.75) is 57.1 Å². The van der Waals surface area contributed by atoms with Gasteiger partial charge in [-0.2, -0.15) is 0 Å². The number of benzene rings is 1. The molecule has 0 spiro atoms. The number of nitrogens with zero attached hydrogens (tertiary/aromatic N) is 2. The van der Waals surface area contributed by atoms with Gasteiger partial charge >= 0.3 is 0 Å². The van der Waals surface area contributed by atoms with Gasteiger partial charge in [-0.05, 0) is 79.8 Å². The highest BCUT2D eigenvalue weighted by atomic mass is 16.3. The van der Waals surface area contributed by atoms with Crippen LogP contribution in [0.3, 0.4) is 0 Å². The number of likely N-dealkylation sites (tertiary alicyclic amines) is 1. The minimum atomic E-state index is -0.189. The predicted octanol–water partition coefficient (Wildman–Crippen LogP) is 3.42. The molecule has 1 saturated heterocycles. The third kappa shape index (κ3) is 4.04. The molecule has 1 aromatic carbocycles. The van der Waals surface area contributed by atoms with Crippen molar-refractivity contribution in [2.75, 3.05) is 12.3 Å². The molecule has 2 aromatic rings. The summed E-state index contributed by atoms with van der Waals surface area (Å²) >= 11 is 0. The number of piperidine rings is 1. The number of nitrogens with two attached hydrogens (primary N) is 1. The monoisotopic (exact) mass is 379 g/mol. The number of nitrogen functional groups attached to an aromatic ring is 1. The van der Waals surface area contributed by atoms with E-state index in [2.05, 4.69) is 22.0 Å². The highest BCUT2D eigenvalue weighted by Gasteiger charge is 2.35. The summed E-state index contributed by atoms with van der Waals surface area (Å²) in [4.78, 5) is 19.3. The van der Waals surface area contributed by atoms with E-state index in [1.807, 2.05) is 18.2 Å². The molecular weight excluding hydrogens is 350 g/mol. The third-order valence-corrected chi connectivity index (χ3v) is 6.32. The lowest BCUT2D eigenvalue weighted by molar-refractivity contribution is -0.142. The third-order valence-electron chi connectivity index (χ3n) is 6.32. The zero-order chi connectivity index (χ0) is 19.5. The van der Waals surface area contributed by atoms with Gasteiger partial charge in [0.25, 0.3) is 0 Å². The molecule has 28 heavy (non-hydrogen) atoms. The van der Waals surface area contributed by atoms with Gasteiger partial charge in [0.2, 0.25) is 5.91 Å². The summed E-state index contributed by atoms with van der Waals surface area (Å²) in [6, 6.07) is 10.4. The number of aromatic nitrogens is 1. The van der Waals surface area contributed by atoms with Crippen molar-refractivity contribution in [1.82, 2.24) is 9.88 Å². The summed E-state index contributed by atoms with van der Waals surface area (Å²) in [6.45, 7) is 0.854. The Bertz CT molecular complexity index is 816. The standard InChI is InChI=1S/C23H29N3O2/c24-22-15-17(16-9-11-25-12-10-16)3-4-18(22)14-19-2-1-13-26(23(19)28)20-5-7-21(27)8-6-20/h3-4,9-12,15,19-21,27H,1-2,5-8,13-14,24H2. The summed E-state index contributed by atoms with van der Waals surface area (Å²) in [5.41, 5.74) is 10.3. The molecular formula is C23H29N3O2. The highest BCUT2D eigenvalue weighted by Crippen LogP contribution is 2.31. The molecule has 5 nitrogen and oxygen atoms in total. The summed E-state index contributed by atoms with van der Waals surface area (Å²) in [5, 5.41) is 9.75. The second-order valence-corrected chi connectivity index (χ2v) is 8.19. The number of amides is 1. The normalized spacial score (nSPS) is 25.7. The predicted molar refractivity (Wildman–Crippen MR) is 110 cm³/mol. The Balaban J connectivity index is 1.45. The summed E-state index contributed by atoms with van der Waals surface area (Å²) in [7, 11) is 0. The molecule has 1 atom stereocenters. The van der Waals surface area contributed by atoms with Crippen LogP contribution in [0.4, 0.5) is 5.69 Å². The Kier molecular flexibility index (Phi) is 5.62. The molecule has 4 rings (SSSR count). The molecule has 0 bridgehead atoms. The number of rotatable bonds is 4. The molecule has 5 heteroatoms.